The molecule has 0 rings (SSSR count). The van der Waals surface area contributed by atoms with E-state index in [0.29, 0.717) is 25.7 Å². The van der Waals surface area contributed by atoms with Crippen molar-refractivity contribution < 1.29 is 80.2 Å². The van der Waals surface area contributed by atoms with E-state index < -0.39 is 97.5 Å². The van der Waals surface area contributed by atoms with Gasteiger partial charge in [-0.15, -0.1) is 0 Å². The van der Waals surface area contributed by atoms with Crippen molar-refractivity contribution in [2.45, 2.75) is 380 Å². The molecule has 0 aromatic carbocycles. The summed E-state index contributed by atoms with van der Waals surface area (Å²) in [6.45, 7) is 4.80. The number of carbonyl (C=O) groups is 4. The minimum absolute atomic E-state index is 0.0936. The number of allylic oxidation sites excluding steroid dienone is 10. The molecule has 0 radical (unpaired) electrons. The van der Waals surface area contributed by atoms with Crippen molar-refractivity contribution in [3.8, 4) is 0 Å². The number of hydrogen-bond acceptors (Lipinski definition) is 15. The first-order valence-corrected chi connectivity index (χ1v) is 42.5. The number of rotatable bonds is 75. The summed E-state index contributed by atoms with van der Waals surface area (Å²) in [6, 6.07) is 0. The summed E-state index contributed by atoms with van der Waals surface area (Å²) in [4.78, 5) is 72.9. The third-order valence-corrected chi connectivity index (χ3v) is 18.9. The molecule has 572 valence electrons. The Bertz CT molecular complexity index is 2100. The van der Waals surface area contributed by atoms with E-state index in [9.17, 15) is 43.2 Å². The highest BCUT2D eigenvalue weighted by Gasteiger charge is 2.30. The molecule has 0 saturated heterocycles. The molecule has 3 N–H and O–H groups in total. The van der Waals surface area contributed by atoms with Crippen molar-refractivity contribution in [1.29, 1.82) is 0 Å². The number of carbonyl (C=O) groups excluding carboxylic acids is 4. The summed E-state index contributed by atoms with van der Waals surface area (Å²) >= 11 is 0. The molecule has 0 aliphatic rings. The van der Waals surface area contributed by atoms with Crippen LogP contribution in [0.15, 0.2) is 60.8 Å². The van der Waals surface area contributed by atoms with E-state index in [0.717, 1.165) is 122 Å². The molecule has 0 amide bonds. The van der Waals surface area contributed by atoms with Crippen molar-refractivity contribution in [3.05, 3.63) is 60.8 Å². The lowest BCUT2D eigenvalue weighted by Crippen LogP contribution is -2.30. The van der Waals surface area contributed by atoms with Crippen molar-refractivity contribution in [3.63, 3.8) is 0 Å². The smallest absolute Gasteiger partial charge is 0.462 e. The fourth-order valence-electron chi connectivity index (χ4n) is 11.0. The van der Waals surface area contributed by atoms with Crippen LogP contribution in [0.5, 0.6) is 0 Å². The van der Waals surface area contributed by atoms with Gasteiger partial charge >= 0.3 is 39.5 Å². The second kappa shape index (κ2) is 72.1. The van der Waals surface area contributed by atoms with Crippen LogP contribution in [0.3, 0.4) is 0 Å². The van der Waals surface area contributed by atoms with Crippen LogP contribution < -0.4 is 0 Å². The molecule has 2 unspecified atom stereocenters. The van der Waals surface area contributed by atoms with Gasteiger partial charge in [-0.2, -0.15) is 0 Å². The second-order valence-electron chi connectivity index (χ2n) is 26.6. The topological polar surface area (TPSA) is 237 Å². The monoisotopic (exact) mass is 1430 g/mol. The Morgan fingerprint density at radius 2 is 0.531 bits per heavy atom. The quantitative estimate of drug-likeness (QED) is 0.0169. The molecule has 0 aromatic heterocycles. The minimum atomic E-state index is -4.97. The SMILES string of the molecule is CC/C=C\C/C=C\C/C=C\C/C=C\C/C=C\CCCCCC(=O)OC[C@H](COP(=O)(O)OC[C@@H](O)COP(=O)(O)OC[C@@H](COC(=O)CCCCCCCCCCCCCCC)OC(=O)CCCCCCCCCCCCCCC)OC(=O)CCCCCCCCCCCCCCC. The fraction of sp³-hybridized carbons (Fsp3) is 0.823. The summed E-state index contributed by atoms with van der Waals surface area (Å²) in [5, 5.41) is 10.6. The summed E-state index contributed by atoms with van der Waals surface area (Å²) < 4.78 is 68.5. The zero-order valence-electron chi connectivity index (χ0n) is 62.5. The minimum Gasteiger partial charge on any atom is -0.462 e. The zero-order chi connectivity index (χ0) is 71.8. The third-order valence-electron chi connectivity index (χ3n) is 17.0. The van der Waals surface area contributed by atoms with Gasteiger partial charge < -0.3 is 33.8 Å². The van der Waals surface area contributed by atoms with E-state index in [1.165, 1.54) is 161 Å². The Balaban J connectivity index is 5.31. The van der Waals surface area contributed by atoms with Gasteiger partial charge in [0.05, 0.1) is 26.4 Å². The number of hydrogen-bond donors (Lipinski definition) is 3. The molecule has 98 heavy (non-hydrogen) atoms. The van der Waals surface area contributed by atoms with Gasteiger partial charge in [0.2, 0.25) is 0 Å². The van der Waals surface area contributed by atoms with Gasteiger partial charge in [0, 0.05) is 25.7 Å². The average Bonchev–Trinajstić information content (AvgIpc) is 0.966. The lowest BCUT2D eigenvalue weighted by Gasteiger charge is -2.21. The maximum atomic E-state index is 13.1. The third kappa shape index (κ3) is 71.2. The van der Waals surface area contributed by atoms with E-state index in [1.807, 2.05) is 0 Å². The van der Waals surface area contributed by atoms with Gasteiger partial charge in [-0.1, -0.05) is 326 Å². The van der Waals surface area contributed by atoms with Crippen molar-refractivity contribution >= 4 is 39.5 Å². The lowest BCUT2D eigenvalue weighted by atomic mass is 10.0. The summed E-state index contributed by atoms with van der Waals surface area (Å²) in [6.07, 6.45) is 70.6. The first kappa shape index (κ1) is 94.8. The van der Waals surface area contributed by atoms with Gasteiger partial charge in [-0.25, -0.2) is 9.13 Å². The molecular weight excluding hydrogens is 1280 g/mol. The molecule has 0 fully saturated rings. The number of unbranched alkanes of at least 4 members (excludes halogenated alkanes) is 39. The Labute approximate surface area is 597 Å². The predicted molar refractivity (Wildman–Crippen MR) is 400 cm³/mol. The number of ether oxygens (including phenoxy) is 4. The van der Waals surface area contributed by atoms with Crippen molar-refractivity contribution in [1.82, 2.24) is 0 Å². The Hall–Kier alpha value is -3.24. The van der Waals surface area contributed by atoms with Crippen molar-refractivity contribution in [2.24, 2.45) is 0 Å². The second-order valence-corrected chi connectivity index (χ2v) is 29.6. The molecule has 17 nitrogen and oxygen atoms in total. The zero-order valence-corrected chi connectivity index (χ0v) is 64.3. The number of phosphoric acid groups is 2. The van der Waals surface area contributed by atoms with Gasteiger partial charge in [0.25, 0.3) is 0 Å². The summed E-state index contributed by atoms with van der Waals surface area (Å²) in [5.41, 5.74) is 0. The highest BCUT2D eigenvalue weighted by Crippen LogP contribution is 2.45. The molecule has 0 aromatic rings. The molecule has 0 saturated carbocycles. The molecule has 19 heteroatoms. The van der Waals surface area contributed by atoms with Gasteiger partial charge in [0.15, 0.2) is 12.2 Å². The molecular formula is C79H144O17P2. The predicted octanol–water partition coefficient (Wildman–Crippen LogP) is 22.7. The van der Waals surface area contributed by atoms with E-state index >= 15 is 0 Å². The van der Waals surface area contributed by atoms with E-state index in [2.05, 4.69) is 88.5 Å². The Morgan fingerprint density at radius 1 is 0.296 bits per heavy atom. The van der Waals surface area contributed by atoms with E-state index in [4.69, 9.17) is 37.0 Å². The van der Waals surface area contributed by atoms with Gasteiger partial charge in [-0.3, -0.25) is 37.3 Å². The Kier molecular flexibility index (Phi) is 69.7. The number of aliphatic hydroxyl groups excluding tert-OH is 1. The molecule has 0 spiro atoms. The molecule has 5 atom stereocenters. The molecule has 0 aliphatic heterocycles. The standard InChI is InChI=1S/C79H144O17P2/c1-5-9-13-17-21-25-29-33-34-35-36-37-38-42-44-48-52-56-60-64-77(82)90-70-75(96-79(84)66-62-58-54-50-46-41-32-28-24-20-16-12-8-4)72-94-98(87,88)92-68-73(80)67-91-97(85,86)93-71-74(95-78(83)65-61-57-53-49-45-40-31-27-23-19-15-11-7-3)69-89-76(81)63-59-55-51-47-43-39-30-26-22-18-14-10-6-2/h9,13,21,25,33-34,36-37,42,44,73-75,80H,5-8,10-12,14-20,22-24,26-32,35,38-41,43,45-72H2,1-4H3,(H,85,86)(H,87,88)/b13-9-,25-21-,34-33-,37-36-,44-42-/t73-,74+,75+/m0/s1. The Morgan fingerprint density at radius 3 is 0.816 bits per heavy atom. The van der Waals surface area contributed by atoms with Crippen LogP contribution in [0.4, 0.5) is 0 Å². The van der Waals surface area contributed by atoms with Crippen LogP contribution in [0.1, 0.15) is 362 Å². The maximum absolute atomic E-state index is 13.1. The summed E-state index contributed by atoms with van der Waals surface area (Å²) in [5.74, 6) is -2.17. The van der Waals surface area contributed by atoms with Crippen LogP contribution >= 0.6 is 15.6 Å². The highest BCUT2D eigenvalue weighted by atomic mass is 31.2. The van der Waals surface area contributed by atoms with Crippen molar-refractivity contribution in [2.75, 3.05) is 39.6 Å². The number of phosphoric ester groups is 2. The number of esters is 4. The summed E-state index contributed by atoms with van der Waals surface area (Å²) in [7, 11) is -9.94. The van der Waals surface area contributed by atoms with E-state index in [1.54, 1.807) is 0 Å². The van der Waals surface area contributed by atoms with Crippen LogP contribution in [0.25, 0.3) is 0 Å². The fourth-order valence-corrected chi connectivity index (χ4v) is 12.6. The van der Waals surface area contributed by atoms with Crippen LogP contribution in [-0.4, -0.2) is 96.7 Å². The van der Waals surface area contributed by atoms with Gasteiger partial charge in [-0.05, 0) is 70.6 Å². The largest absolute Gasteiger partial charge is 0.472 e. The highest BCUT2D eigenvalue weighted by molar-refractivity contribution is 7.47. The molecule has 0 heterocycles. The van der Waals surface area contributed by atoms with Crippen LogP contribution in [0, 0.1) is 0 Å². The van der Waals surface area contributed by atoms with Gasteiger partial charge in [0.1, 0.15) is 19.3 Å². The first-order chi connectivity index (χ1) is 47.7. The lowest BCUT2D eigenvalue weighted by molar-refractivity contribution is -0.161. The first-order valence-electron chi connectivity index (χ1n) is 39.5. The van der Waals surface area contributed by atoms with E-state index in [-0.39, 0.29) is 25.7 Å². The molecule has 0 bridgehead atoms. The normalized spacial score (nSPS) is 14.2. The number of aliphatic hydroxyl groups is 1. The maximum Gasteiger partial charge on any atom is 0.472 e. The van der Waals surface area contributed by atoms with Crippen LogP contribution in [-0.2, 0) is 65.4 Å². The van der Waals surface area contributed by atoms with Crippen LogP contribution in [0.2, 0.25) is 0 Å². The molecule has 0 aliphatic carbocycles. The average molecular weight is 1430 g/mol.